The van der Waals surface area contributed by atoms with E-state index in [1.807, 2.05) is 43.3 Å². The smallest absolute Gasteiger partial charge is 0.119 e. The number of hydrogen-bond donors (Lipinski definition) is 1. The van der Waals surface area contributed by atoms with Crippen LogP contribution in [-0.4, -0.2) is 11.7 Å². The van der Waals surface area contributed by atoms with Gasteiger partial charge in [0.2, 0.25) is 0 Å². The van der Waals surface area contributed by atoms with Crippen LogP contribution in [-0.2, 0) is 0 Å². The number of benzene rings is 2. The molecule has 0 saturated carbocycles. The third-order valence-corrected chi connectivity index (χ3v) is 1.81. The van der Waals surface area contributed by atoms with Gasteiger partial charge in [0, 0.05) is 0 Å². The van der Waals surface area contributed by atoms with Gasteiger partial charge in [0.15, 0.2) is 0 Å². The summed E-state index contributed by atoms with van der Waals surface area (Å²) in [4.78, 5) is 0. The van der Waals surface area contributed by atoms with Crippen molar-refractivity contribution in [2.24, 2.45) is 0 Å². The van der Waals surface area contributed by atoms with E-state index < -0.39 is 0 Å². The van der Waals surface area contributed by atoms with Gasteiger partial charge in [-0.25, -0.2) is 0 Å². The lowest BCUT2D eigenvalue weighted by Crippen LogP contribution is -1.89. The van der Waals surface area contributed by atoms with Gasteiger partial charge in [0.05, 0.1) is 6.61 Å². The number of phenolic OH excluding ortho intramolecular Hbond substituents is 1. The molecule has 16 heavy (non-hydrogen) atoms. The van der Waals surface area contributed by atoms with Crippen LogP contribution in [0.3, 0.4) is 0 Å². The molecule has 0 aliphatic heterocycles. The molecule has 0 aromatic heterocycles. The molecule has 0 aliphatic rings. The molecule has 0 radical (unpaired) electrons. The molecule has 0 spiro atoms. The first-order chi connectivity index (χ1) is 7.83. The zero-order valence-corrected chi connectivity index (χ0v) is 9.34. The molecule has 2 aromatic rings. The molecule has 0 heterocycles. The first kappa shape index (κ1) is 12.1. The highest BCUT2D eigenvalue weighted by atomic mass is 16.5. The van der Waals surface area contributed by atoms with E-state index in [-0.39, 0.29) is 0 Å². The zero-order valence-electron chi connectivity index (χ0n) is 9.34. The van der Waals surface area contributed by atoms with Crippen molar-refractivity contribution in [3.63, 3.8) is 0 Å². The van der Waals surface area contributed by atoms with Crippen LogP contribution in [0.4, 0.5) is 0 Å². The second-order valence-corrected chi connectivity index (χ2v) is 3.08. The van der Waals surface area contributed by atoms with Crippen LogP contribution in [0.1, 0.15) is 6.92 Å². The third kappa shape index (κ3) is 5.05. The summed E-state index contributed by atoms with van der Waals surface area (Å²) in [5.41, 5.74) is 0. The van der Waals surface area contributed by atoms with Crippen molar-refractivity contribution < 1.29 is 9.84 Å². The number of para-hydroxylation sites is 2. The van der Waals surface area contributed by atoms with E-state index in [0.29, 0.717) is 5.75 Å². The van der Waals surface area contributed by atoms with Crippen LogP contribution in [0.5, 0.6) is 11.5 Å². The Labute approximate surface area is 96.1 Å². The van der Waals surface area contributed by atoms with Crippen LogP contribution >= 0.6 is 0 Å². The molecule has 84 valence electrons. The molecule has 2 nitrogen and oxygen atoms in total. The van der Waals surface area contributed by atoms with Crippen molar-refractivity contribution in [2.75, 3.05) is 6.61 Å². The highest BCUT2D eigenvalue weighted by molar-refractivity contribution is 5.20. The molecule has 2 rings (SSSR count). The normalized spacial score (nSPS) is 8.81. The Morgan fingerprint density at radius 1 is 0.875 bits per heavy atom. The molecule has 0 amide bonds. The van der Waals surface area contributed by atoms with Crippen LogP contribution < -0.4 is 4.74 Å². The summed E-state index contributed by atoms with van der Waals surface area (Å²) >= 11 is 0. The van der Waals surface area contributed by atoms with Crippen molar-refractivity contribution in [3.8, 4) is 11.5 Å². The lowest BCUT2D eigenvalue weighted by molar-refractivity contribution is 0.340. The SMILES string of the molecule is CCOc1ccccc1.Oc1ccccc1. The predicted octanol–water partition coefficient (Wildman–Crippen LogP) is 3.48. The number of ether oxygens (including phenoxy) is 1. The zero-order chi connectivity index (χ0) is 11.6. The van der Waals surface area contributed by atoms with E-state index in [1.54, 1.807) is 24.3 Å². The maximum absolute atomic E-state index is 8.63. The summed E-state index contributed by atoms with van der Waals surface area (Å²) in [5.74, 6) is 1.27. The first-order valence-electron chi connectivity index (χ1n) is 5.24. The minimum Gasteiger partial charge on any atom is -0.508 e. The van der Waals surface area contributed by atoms with Crippen LogP contribution in [0, 0.1) is 0 Å². The Morgan fingerprint density at radius 2 is 1.38 bits per heavy atom. The Balaban J connectivity index is 0.000000165. The van der Waals surface area contributed by atoms with Gasteiger partial charge in [-0.05, 0) is 31.2 Å². The molecular formula is C14H16O2. The molecule has 0 saturated heterocycles. The maximum atomic E-state index is 8.63. The average molecular weight is 216 g/mol. The summed E-state index contributed by atoms with van der Waals surface area (Å²) in [6, 6.07) is 18.5. The molecule has 0 unspecified atom stereocenters. The molecule has 0 bridgehead atoms. The van der Waals surface area contributed by atoms with E-state index in [1.165, 1.54) is 0 Å². The topological polar surface area (TPSA) is 29.5 Å². The van der Waals surface area contributed by atoms with Gasteiger partial charge in [0.25, 0.3) is 0 Å². The summed E-state index contributed by atoms with van der Waals surface area (Å²) < 4.78 is 5.21. The van der Waals surface area contributed by atoms with Gasteiger partial charge in [0.1, 0.15) is 11.5 Å². The average Bonchev–Trinajstić information content (AvgIpc) is 2.33. The van der Waals surface area contributed by atoms with Gasteiger partial charge < -0.3 is 9.84 Å². The molecule has 2 heteroatoms. The summed E-state index contributed by atoms with van der Waals surface area (Å²) in [6.07, 6.45) is 0. The predicted molar refractivity (Wildman–Crippen MR) is 65.7 cm³/mol. The largest absolute Gasteiger partial charge is 0.508 e. The third-order valence-electron chi connectivity index (χ3n) is 1.81. The highest BCUT2D eigenvalue weighted by Gasteiger charge is 1.83. The fourth-order valence-corrected chi connectivity index (χ4v) is 1.11. The van der Waals surface area contributed by atoms with Gasteiger partial charge in [-0.15, -0.1) is 0 Å². The van der Waals surface area contributed by atoms with E-state index in [0.717, 1.165) is 12.4 Å². The van der Waals surface area contributed by atoms with Crippen molar-refractivity contribution >= 4 is 0 Å². The van der Waals surface area contributed by atoms with Gasteiger partial charge in [-0.2, -0.15) is 0 Å². The molecule has 0 atom stereocenters. The van der Waals surface area contributed by atoms with E-state index in [9.17, 15) is 0 Å². The number of phenols is 1. The minimum absolute atomic E-state index is 0.322. The lowest BCUT2D eigenvalue weighted by atomic mass is 10.3. The minimum atomic E-state index is 0.322. The van der Waals surface area contributed by atoms with Gasteiger partial charge >= 0.3 is 0 Å². The monoisotopic (exact) mass is 216 g/mol. The molecule has 1 N–H and O–H groups in total. The Hall–Kier alpha value is -1.96. The molecule has 0 aliphatic carbocycles. The van der Waals surface area contributed by atoms with Crippen molar-refractivity contribution in [2.45, 2.75) is 6.92 Å². The first-order valence-corrected chi connectivity index (χ1v) is 5.24. The van der Waals surface area contributed by atoms with Crippen molar-refractivity contribution in [3.05, 3.63) is 60.7 Å². The molecule has 2 aromatic carbocycles. The van der Waals surface area contributed by atoms with Crippen LogP contribution in [0.2, 0.25) is 0 Å². The Kier molecular flexibility index (Phi) is 5.56. The number of rotatable bonds is 2. The van der Waals surface area contributed by atoms with Gasteiger partial charge in [-0.1, -0.05) is 36.4 Å². The quantitative estimate of drug-likeness (QED) is 0.832. The molecular weight excluding hydrogens is 200 g/mol. The summed E-state index contributed by atoms with van der Waals surface area (Å²) in [6.45, 7) is 2.72. The van der Waals surface area contributed by atoms with E-state index >= 15 is 0 Å². The Bertz CT molecular complexity index is 370. The second-order valence-electron chi connectivity index (χ2n) is 3.08. The van der Waals surface area contributed by atoms with Crippen molar-refractivity contribution in [1.29, 1.82) is 0 Å². The van der Waals surface area contributed by atoms with Crippen LogP contribution in [0.15, 0.2) is 60.7 Å². The second kappa shape index (κ2) is 7.35. The maximum Gasteiger partial charge on any atom is 0.119 e. The van der Waals surface area contributed by atoms with Crippen LogP contribution in [0.25, 0.3) is 0 Å². The van der Waals surface area contributed by atoms with Gasteiger partial charge in [-0.3, -0.25) is 0 Å². The lowest BCUT2D eigenvalue weighted by Gasteiger charge is -1.99. The fraction of sp³-hybridized carbons (Fsp3) is 0.143. The van der Waals surface area contributed by atoms with E-state index in [4.69, 9.17) is 9.84 Å². The number of aromatic hydroxyl groups is 1. The summed E-state index contributed by atoms with van der Waals surface area (Å²) in [7, 11) is 0. The Morgan fingerprint density at radius 3 is 1.75 bits per heavy atom. The summed E-state index contributed by atoms with van der Waals surface area (Å²) in [5, 5.41) is 8.63. The molecule has 0 fully saturated rings. The number of hydrogen-bond acceptors (Lipinski definition) is 2. The highest BCUT2D eigenvalue weighted by Crippen LogP contribution is 2.06. The standard InChI is InChI=1S/C8H10O.C6H6O/c1-2-9-8-6-4-3-5-7-8;7-6-4-2-1-3-5-6/h3-7H,2H2,1H3;1-5,7H. The van der Waals surface area contributed by atoms with E-state index in [2.05, 4.69) is 0 Å². The fourth-order valence-electron chi connectivity index (χ4n) is 1.11. The van der Waals surface area contributed by atoms with Crippen molar-refractivity contribution in [1.82, 2.24) is 0 Å².